The predicted molar refractivity (Wildman–Crippen MR) is 175 cm³/mol. The van der Waals surface area contributed by atoms with E-state index >= 15 is 0 Å². The van der Waals surface area contributed by atoms with Crippen LogP contribution in [0.4, 0.5) is 0 Å². The third kappa shape index (κ3) is 7.59. The Morgan fingerprint density at radius 3 is 1.95 bits per heavy atom. The maximum atomic E-state index is 11.7. The van der Waals surface area contributed by atoms with E-state index in [1.54, 1.807) is 14.2 Å². The lowest BCUT2D eigenvalue weighted by Gasteiger charge is -2.47. The lowest BCUT2D eigenvalue weighted by atomic mass is 9.80. The number of hydrogen-bond acceptors (Lipinski definition) is 6. The first-order valence-corrected chi connectivity index (χ1v) is 17.1. The average molecular weight is 605 g/mol. The number of allylic oxidation sites excluding steroid dienone is 1. The zero-order valence-corrected chi connectivity index (χ0v) is 27.3. The van der Waals surface area contributed by atoms with Gasteiger partial charge in [0.15, 0.2) is 6.29 Å². The molecule has 0 radical (unpaired) electrons. The van der Waals surface area contributed by atoms with Crippen molar-refractivity contribution in [2.24, 2.45) is 11.8 Å². The normalized spacial score (nSPS) is 22.6. The van der Waals surface area contributed by atoms with E-state index in [9.17, 15) is 5.11 Å². The van der Waals surface area contributed by atoms with Crippen LogP contribution < -0.4 is 19.8 Å². The maximum absolute atomic E-state index is 11.7. The van der Waals surface area contributed by atoms with Crippen molar-refractivity contribution in [1.29, 1.82) is 0 Å². The molecule has 232 valence electrons. The highest BCUT2D eigenvalue weighted by molar-refractivity contribution is 6.99. The van der Waals surface area contributed by atoms with Crippen LogP contribution in [0.2, 0.25) is 5.04 Å². The molecule has 6 nitrogen and oxygen atoms in total. The summed E-state index contributed by atoms with van der Waals surface area (Å²) in [5.41, 5.74) is 0. The van der Waals surface area contributed by atoms with Gasteiger partial charge in [0, 0.05) is 18.9 Å². The lowest BCUT2D eigenvalue weighted by molar-refractivity contribution is -0.265. The van der Waals surface area contributed by atoms with E-state index in [4.69, 9.17) is 23.4 Å². The third-order valence-electron chi connectivity index (χ3n) is 8.58. The molecule has 3 aromatic carbocycles. The van der Waals surface area contributed by atoms with E-state index in [-0.39, 0.29) is 23.0 Å². The van der Waals surface area contributed by atoms with Crippen molar-refractivity contribution in [2.75, 3.05) is 27.4 Å². The van der Waals surface area contributed by atoms with Gasteiger partial charge in [0.2, 0.25) is 0 Å². The molecule has 1 saturated heterocycles. The minimum absolute atomic E-state index is 0.163. The van der Waals surface area contributed by atoms with Crippen LogP contribution in [0.25, 0.3) is 0 Å². The topological polar surface area (TPSA) is 66.4 Å². The molecule has 1 heterocycles. The SMILES string of the molecule is C=CC[C@H]1[C@H](O)[C@@H](CCCOc2ccc(OC)cc2)[C@@H](OC)O[C@@H]1CO[Si](c1ccccc1)(c1ccccc1)C(C)(C)C. The van der Waals surface area contributed by atoms with Crippen molar-refractivity contribution in [3.63, 3.8) is 0 Å². The van der Waals surface area contributed by atoms with Gasteiger partial charge in [-0.1, -0.05) is 87.5 Å². The zero-order chi connectivity index (χ0) is 30.9. The highest BCUT2D eigenvalue weighted by Gasteiger charge is 2.52. The summed E-state index contributed by atoms with van der Waals surface area (Å²) in [5, 5.41) is 14.0. The molecule has 0 unspecified atom stereocenters. The van der Waals surface area contributed by atoms with Crippen LogP contribution in [-0.2, 0) is 13.9 Å². The Kier molecular flexibility index (Phi) is 11.6. The minimum Gasteiger partial charge on any atom is -0.497 e. The highest BCUT2D eigenvalue weighted by atomic mass is 28.4. The van der Waals surface area contributed by atoms with Crippen LogP contribution in [0.3, 0.4) is 0 Å². The number of hydrogen-bond donors (Lipinski definition) is 1. The van der Waals surface area contributed by atoms with Crippen molar-refractivity contribution >= 4 is 18.7 Å². The number of ether oxygens (including phenoxy) is 4. The molecule has 4 rings (SSSR count). The van der Waals surface area contributed by atoms with Gasteiger partial charge in [0.25, 0.3) is 8.32 Å². The molecule has 3 aromatic rings. The van der Waals surface area contributed by atoms with Gasteiger partial charge in [0.05, 0.1) is 32.5 Å². The molecular formula is C36H48O6Si. The molecular weight excluding hydrogens is 556 g/mol. The molecule has 1 fully saturated rings. The molecule has 0 aromatic heterocycles. The Morgan fingerprint density at radius 1 is 0.860 bits per heavy atom. The van der Waals surface area contributed by atoms with Gasteiger partial charge in [0.1, 0.15) is 11.5 Å². The van der Waals surface area contributed by atoms with Gasteiger partial charge in [-0.3, -0.25) is 0 Å². The second-order valence-electron chi connectivity index (χ2n) is 12.3. The lowest BCUT2D eigenvalue weighted by Crippen LogP contribution is -2.67. The first-order valence-electron chi connectivity index (χ1n) is 15.2. The van der Waals surface area contributed by atoms with Gasteiger partial charge < -0.3 is 28.5 Å². The first kappa shape index (κ1) is 33.0. The molecule has 0 amide bonds. The summed E-state index contributed by atoms with van der Waals surface area (Å²) in [7, 11) is 0.515. The van der Waals surface area contributed by atoms with Crippen molar-refractivity contribution in [1.82, 2.24) is 0 Å². The Balaban J connectivity index is 1.51. The minimum atomic E-state index is -2.77. The van der Waals surface area contributed by atoms with Gasteiger partial charge in [-0.2, -0.15) is 0 Å². The Hall–Kier alpha value is -2.94. The fourth-order valence-corrected chi connectivity index (χ4v) is 11.0. The number of rotatable bonds is 14. The smallest absolute Gasteiger partial charge is 0.261 e. The highest BCUT2D eigenvalue weighted by Crippen LogP contribution is 2.40. The summed E-state index contributed by atoms with van der Waals surface area (Å²) >= 11 is 0. The Bertz CT molecular complexity index is 1200. The van der Waals surface area contributed by atoms with E-state index in [1.807, 2.05) is 42.5 Å². The fraction of sp³-hybridized carbons (Fsp3) is 0.444. The molecule has 1 aliphatic heterocycles. The van der Waals surface area contributed by atoms with Crippen LogP contribution >= 0.6 is 0 Å². The standard InChI is InChI=1S/C36H48O6Si/c1-7-15-31-33(26-41-43(36(2,3)4,29-16-10-8-11-17-29)30-18-12-9-13-19-30)42-35(39-6)32(34(31)37)20-14-25-40-28-23-21-27(38-5)22-24-28/h7-13,16-19,21-24,31-35,37H,1,14-15,20,25-26H2,2-6H3/t31-,32-,33-,34+,35+/m1/s1. The largest absolute Gasteiger partial charge is 0.497 e. The monoisotopic (exact) mass is 604 g/mol. The zero-order valence-electron chi connectivity index (χ0n) is 26.3. The van der Waals surface area contributed by atoms with E-state index < -0.39 is 20.7 Å². The molecule has 0 aliphatic carbocycles. The molecule has 7 heteroatoms. The summed E-state index contributed by atoms with van der Waals surface area (Å²) < 4.78 is 30.8. The van der Waals surface area contributed by atoms with Crippen molar-refractivity contribution in [2.45, 2.75) is 63.6 Å². The van der Waals surface area contributed by atoms with E-state index in [0.717, 1.165) is 17.9 Å². The average Bonchev–Trinajstić information content (AvgIpc) is 3.02. The summed E-state index contributed by atoms with van der Waals surface area (Å²) in [6.07, 6.45) is 2.39. The third-order valence-corrected chi connectivity index (χ3v) is 13.6. The maximum Gasteiger partial charge on any atom is 0.261 e. The summed E-state index contributed by atoms with van der Waals surface area (Å²) in [5.74, 6) is 1.21. The summed E-state index contributed by atoms with van der Waals surface area (Å²) in [4.78, 5) is 0. The van der Waals surface area contributed by atoms with Crippen LogP contribution in [0.15, 0.2) is 97.6 Å². The number of methoxy groups -OCH3 is 2. The van der Waals surface area contributed by atoms with E-state index in [1.165, 1.54) is 10.4 Å². The molecule has 43 heavy (non-hydrogen) atoms. The second-order valence-corrected chi connectivity index (χ2v) is 16.6. The summed E-state index contributed by atoms with van der Waals surface area (Å²) in [6, 6.07) is 28.7. The summed E-state index contributed by atoms with van der Waals surface area (Å²) in [6.45, 7) is 11.7. The first-order chi connectivity index (χ1) is 20.7. The van der Waals surface area contributed by atoms with E-state index in [2.05, 4.69) is 75.9 Å². The van der Waals surface area contributed by atoms with Gasteiger partial charge in [-0.05, 0) is 58.9 Å². The molecule has 1 N–H and O–H groups in total. The number of aliphatic hydroxyl groups is 1. The molecule has 0 bridgehead atoms. The number of benzene rings is 3. The fourth-order valence-electron chi connectivity index (χ4n) is 6.41. The van der Waals surface area contributed by atoms with Crippen LogP contribution in [0.1, 0.15) is 40.0 Å². The van der Waals surface area contributed by atoms with E-state index in [0.29, 0.717) is 26.1 Å². The van der Waals surface area contributed by atoms with Gasteiger partial charge in [-0.25, -0.2) is 0 Å². The molecule has 0 saturated carbocycles. The molecule has 0 spiro atoms. The quantitative estimate of drug-likeness (QED) is 0.139. The van der Waals surface area contributed by atoms with Gasteiger partial charge in [-0.15, -0.1) is 6.58 Å². The Morgan fingerprint density at radius 2 is 1.44 bits per heavy atom. The van der Waals surface area contributed by atoms with Crippen molar-refractivity contribution in [3.05, 3.63) is 97.6 Å². The predicted octanol–water partition coefficient (Wildman–Crippen LogP) is 5.97. The molecule has 1 aliphatic rings. The van der Waals surface area contributed by atoms with Gasteiger partial charge >= 0.3 is 0 Å². The Labute approximate surface area is 258 Å². The molecule has 5 atom stereocenters. The van der Waals surface area contributed by atoms with Crippen LogP contribution in [0.5, 0.6) is 11.5 Å². The van der Waals surface area contributed by atoms with Crippen LogP contribution in [0, 0.1) is 11.8 Å². The second kappa shape index (κ2) is 15.2. The van der Waals surface area contributed by atoms with Crippen molar-refractivity contribution in [3.8, 4) is 11.5 Å². The number of aliphatic hydroxyl groups excluding tert-OH is 1. The van der Waals surface area contributed by atoms with Crippen LogP contribution in [-0.4, -0.2) is 59.4 Å². The van der Waals surface area contributed by atoms with Crippen molar-refractivity contribution < 1.29 is 28.5 Å².